The summed E-state index contributed by atoms with van der Waals surface area (Å²) in [6, 6.07) is 12.9. The molecule has 2 aromatic carbocycles. The van der Waals surface area contributed by atoms with Crippen LogP contribution in [0.5, 0.6) is 0 Å². The van der Waals surface area contributed by atoms with Gasteiger partial charge < -0.3 is 16.0 Å². The molecule has 3 amide bonds. The van der Waals surface area contributed by atoms with Crippen LogP contribution in [0.4, 0.5) is 33.7 Å². The molecule has 0 fully saturated rings. The Morgan fingerprint density at radius 3 is 2.29 bits per heavy atom. The van der Waals surface area contributed by atoms with Gasteiger partial charge >= 0.3 is 12.2 Å². The van der Waals surface area contributed by atoms with Crippen molar-refractivity contribution in [3.05, 3.63) is 83.8 Å². The summed E-state index contributed by atoms with van der Waals surface area (Å²) < 4.78 is 52.0. The average Bonchev–Trinajstić information content (AvgIpc) is 2.83. The van der Waals surface area contributed by atoms with Gasteiger partial charge in [-0.2, -0.15) is 13.2 Å². The predicted molar refractivity (Wildman–Crippen MR) is 122 cm³/mol. The van der Waals surface area contributed by atoms with Crippen LogP contribution in [-0.2, 0) is 6.18 Å². The number of amides is 3. The van der Waals surface area contributed by atoms with Crippen molar-refractivity contribution in [3.63, 3.8) is 0 Å². The molecule has 0 saturated heterocycles. The highest BCUT2D eigenvalue weighted by molar-refractivity contribution is 6.05. The summed E-state index contributed by atoms with van der Waals surface area (Å²) in [7, 11) is 1.51. The zero-order valence-electron chi connectivity index (χ0n) is 18.1. The molecule has 0 bridgehead atoms. The smallest absolute Gasteiger partial charge is 0.355 e. The maximum Gasteiger partial charge on any atom is 0.419 e. The molecule has 0 saturated carbocycles. The Balaban J connectivity index is 1.53. The monoisotopic (exact) mass is 483 g/mol. The Kier molecular flexibility index (Phi) is 6.32. The van der Waals surface area contributed by atoms with Gasteiger partial charge in [0.05, 0.1) is 22.3 Å². The van der Waals surface area contributed by atoms with Crippen molar-refractivity contribution in [1.29, 1.82) is 0 Å². The molecule has 35 heavy (non-hydrogen) atoms. The number of carbonyl (C=O) groups excluding carboxylic acids is 2. The molecule has 2 aromatic heterocycles. The van der Waals surface area contributed by atoms with Gasteiger partial charge in [0.1, 0.15) is 11.3 Å². The molecule has 0 radical (unpaired) electrons. The summed E-state index contributed by atoms with van der Waals surface area (Å²) >= 11 is 0. The van der Waals surface area contributed by atoms with E-state index in [0.717, 1.165) is 6.07 Å². The Labute approximate surface area is 196 Å². The maximum atomic E-state index is 13.4. The van der Waals surface area contributed by atoms with Crippen LogP contribution in [0.25, 0.3) is 22.3 Å². The topological polar surface area (TPSA) is 96.0 Å². The average molecular weight is 483 g/mol. The van der Waals surface area contributed by atoms with Crippen molar-refractivity contribution >= 4 is 34.3 Å². The zero-order chi connectivity index (χ0) is 25.2. The lowest BCUT2D eigenvalue weighted by Gasteiger charge is -2.12. The highest BCUT2D eigenvalue weighted by Gasteiger charge is 2.34. The number of hydrogen-bond acceptors (Lipinski definition) is 4. The van der Waals surface area contributed by atoms with E-state index < -0.39 is 23.6 Å². The van der Waals surface area contributed by atoms with Crippen LogP contribution >= 0.6 is 0 Å². The fourth-order valence-electron chi connectivity index (χ4n) is 3.36. The number of benzene rings is 2. The van der Waals surface area contributed by atoms with Crippen molar-refractivity contribution < 1.29 is 27.2 Å². The molecule has 4 aromatic rings. The fourth-order valence-corrected chi connectivity index (χ4v) is 3.36. The van der Waals surface area contributed by atoms with Gasteiger partial charge in [0.2, 0.25) is 0 Å². The van der Waals surface area contributed by atoms with Crippen LogP contribution in [0, 0.1) is 5.82 Å². The number of hydrogen-bond donors (Lipinski definition) is 3. The van der Waals surface area contributed by atoms with Crippen LogP contribution in [0.3, 0.4) is 0 Å². The van der Waals surface area contributed by atoms with Gasteiger partial charge in [0.15, 0.2) is 0 Å². The molecule has 3 N–H and O–H groups in total. The van der Waals surface area contributed by atoms with Crippen LogP contribution < -0.4 is 16.0 Å². The first-order valence-corrected chi connectivity index (χ1v) is 10.2. The molecule has 0 unspecified atom stereocenters. The van der Waals surface area contributed by atoms with Gasteiger partial charge in [-0.25, -0.2) is 14.2 Å². The lowest BCUT2D eigenvalue weighted by Crippen LogP contribution is -2.20. The Morgan fingerprint density at radius 1 is 0.914 bits per heavy atom. The van der Waals surface area contributed by atoms with Gasteiger partial charge in [-0.3, -0.25) is 9.78 Å². The summed E-state index contributed by atoms with van der Waals surface area (Å²) in [5.74, 6) is -1.75. The van der Waals surface area contributed by atoms with Crippen LogP contribution in [-0.4, -0.2) is 29.0 Å². The third kappa shape index (κ3) is 5.18. The number of halogens is 4. The normalized spacial score (nSPS) is 11.2. The number of urea groups is 1. The molecular weight excluding hydrogens is 466 g/mol. The van der Waals surface area contributed by atoms with E-state index in [-0.39, 0.29) is 11.6 Å². The molecule has 178 valence electrons. The van der Waals surface area contributed by atoms with Crippen molar-refractivity contribution in [1.82, 2.24) is 15.3 Å². The van der Waals surface area contributed by atoms with Gasteiger partial charge in [0.25, 0.3) is 5.91 Å². The fraction of sp³-hybridized carbons (Fsp3) is 0.0833. The molecule has 7 nitrogen and oxygen atoms in total. The second kappa shape index (κ2) is 9.37. The van der Waals surface area contributed by atoms with Gasteiger partial charge in [-0.15, -0.1) is 0 Å². The third-order valence-electron chi connectivity index (χ3n) is 5.00. The van der Waals surface area contributed by atoms with Gasteiger partial charge in [-0.05, 0) is 48.5 Å². The molecule has 2 heterocycles. The predicted octanol–water partition coefficient (Wildman–Crippen LogP) is 5.46. The van der Waals surface area contributed by atoms with Gasteiger partial charge in [0, 0.05) is 30.2 Å². The Bertz CT molecular complexity index is 1420. The molecule has 0 aliphatic rings. The van der Waals surface area contributed by atoms with Crippen LogP contribution in [0.15, 0.2) is 66.9 Å². The second-order valence-electron chi connectivity index (χ2n) is 7.35. The zero-order valence-corrected chi connectivity index (χ0v) is 18.1. The first-order chi connectivity index (χ1) is 16.7. The van der Waals surface area contributed by atoms with Crippen molar-refractivity contribution in [2.45, 2.75) is 6.18 Å². The van der Waals surface area contributed by atoms with E-state index in [1.54, 1.807) is 48.7 Å². The second-order valence-corrected chi connectivity index (χ2v) is 7.35. The van der Waals surface area contributed by atoms with Crippen LogP contribution in [0.2, 0.25) is 0 Å². The third-order valence-corrected chi connectivity index (χ3v) is 5.00. The van der Waals surface area contributed by atoms with E-state index in [4.69, 9.17) is 0 Å². The minimum absolute atomic E-state index is 0.219. The highest BCUT2D eigenvalue weighted by atomic mass is 19.4. The number of nitrogens with one attached hydrogen (secondary N) is 3. The Morgan fingerprint density at radius 2 is 1.60 bits per heavy atom. The minimum Gasteiger partial charge on any atom is -0.355 e. The quantitative estimate of drug-likeness (QED) is 0.336. The van der Waals surface area contributed by atoms with E-state index in [1.807, 2.05) is 0 Å². The summed E-state index contributed by atoms with van der Waals surface area (Å²) in [6.45, 7) is 0. The van der Waals surface area contributed by atoms with E-state index in [0.29, 0.717) is 45.7 Å². The lowest BCUT2D eigenvalue weighted by molar-refractivity contribution is -0.139. The van der Waals surface area contributed by atoms with Crippen LogP contribution in [0.1, 0.15) is 15.9 Å². The number of anilines is 2. The van der Waals surface area contributed by atoms with Crippen molar-refractivity contribution in [2.24, 2.45) is 0 Å². The van der Waals surface area contributed by atoms with E-state index in [2.05, 4.69) is 25.9 Å². The molecular formula is C24H17F4N5O2. The number of nitrogens with zero attached hydrogens (tertiary/aromatic N) is 2. The number of pyridine rings is 2. The van der Waals surface area contributed by atoms with Gasteiger partial charge in [-0.1, -0.05) is 12.1 Å². The molecule has 0 aliphatic heterocycles. The molecule has 0 aliphatic carbocycles. The molecule has 4 rings (SSSR count). The highest BCUT2D eigenvalue weighted by Crippen LogP contribution is 2.33. The summed E-state index contributed by atoms with van der Waals surface area (Å²) in [5, 5.41) is 7.31. The minimum atomic E-state index is -4.89. The first kappa shape index (κ1) is 23.6. The molecule has 0 spiro atoms. The van der Waals surface area contributed by atoms with E-state index in [9.17, 15) is 27.2 Å². The standard InChI is InChI=1S/C24H17F4N5O2/c1-29-22(34)16-12-20(33-19-3-2-10-30-21(16)19)13-4-6-14(7-5-13)31-23(35)32-15-8-9-18(25)17(11-15)24(26,27)28/h2-12H,1H3,(H,29,34)(H2,31,32,35). The van der Waals surface area contributed by atoms with E-state index in [1.165, 1.54) is 7.05 Å². The summed E-state index contributed by atoms with van der Waals surface area (Å²) in [6.07, 6.45) is -3.32. The number of fused-ring (bicyclic) bond motifs is 1. The molecule has 0 atom stereocenters. The summed E-state index contributed by atoms with van der Waals surface area (Å²) in [4.78, 5) is 33.3. The lowest BCUT2D eigenvalue weighted by atomic mass is 10.1. The SMILES string of the molecule is CNC(=O)c1cc(-c2ccc(NC(=O)Nc3ccc(F)c(C(F)(F)F)c3)cc2)nc2cccnc12. The summed E-state index contributed by atoms with van der Waals surface area (Å²) in [5.41, 5.74) is 1.15. The number of aromatic nitrogens is 2. The molecule has 11 heteroatoms. The van der Waals surface area contributed by atoms with Crippen molar-refractivity contribution in [3.8, 4) is 11.3 Å². The maximum absolute atomic E-state index is 13.4. The number of rotatable bonds is 4. The number of carbonyl (C=O) groups is 2. The largest absolute Gasteiger partial charge is 0.419 e. The number of alkyl halides is 3. The van der Waals surface area contributed by atoms with Crippen molar-refractivity contribution in [2.75, 3.05) is 17.7 Å². The first-order valence-electron chi connectivity index (χ1n) is 10.2. The van der Waals surface area contributed by atoms with E-state index >= 15 is 0 Å². The Hall–Kier alpha value is -4.54.